The first-order valence-electron chi connectivity index (χ1n) is 8.27. The van der Waals surface area contributed by atoms with Crippen molar-refractivity contribution >= 4 is 23.7 Å². The maximum absolute atomic E-state index is 12.2. The van der Waals surface area contributed by atoms with Crippen LogP contribution in [0.5, 0.6) is 0 Å². The zero-order valence-corrected chi connectivity index (χ0v) is 15.1. The molecule has 0 aliphatic heterocycles. The number of hydrogen-bond donors (Lipinski definition) is 3. The Balaban J connectivity index is 2.41. The van der Waals surface area contributed by atoms with E-state index in [0.29, 0.717) is 5.82 Å². The number of pyridine rings is 1. The minimum atomic E-state index is -0.721. The van der Waals surface area contributed by atoms with Gasteiger partial charge in [0.1, 0.15) is 11.9 Å². The van der Waals surface area contributed by atoms with E-state index in [0.717, 1.165) is 5.56 Å². The van der Waals surface area contributed by atoms with Crippen LogP contribution in [0.25, 0.3) is 0 Å². The van der Waals surface area contributed by atoms with Crippen LogP contribution in [-0.4, -0.2) is 42.1 Å². The van der Waals surface area contributed by atoms with Crippen LogP contribution in [0.3, 0.4) is 0 Å². The lowest BCUT2D eigenvalue weighted by molar-refractivity contribution is -0.124. The molecule has 3 amide bonds. The van der Waals surface area contributed by atoms with Crippen molar-refractivity contribution in [2.75, 3.05) is 18.5 Å². The molecule has 0 radical (unpaired) electrons. The molecule has 1 aromatic rings. The third-order valence-electron chi connectivity index (χ3n) is 3.33. The Morgan fingerprint density at radius 2 is 1.96 bits per heavy atom. The van der Waals surface area contributed by atoms with Crippen LogP contribution >= 0.6 is 0 Å². The molecule has 0 saturated carbocycles. The van der Waals surface area contributed by atoms with Gasteiger partial charge in [0.15, 0.2) is 0 Å². The zero-order valence-electron chi connectivity index (χ0n) is 15.1. The van der Waals surface area contributed by atoms with Crippen molar-refractivity contribution in [1.82, 2.24) is 15.6 Å². The van der Waals surface area contributed by atoms with E-state index in [1.54, 1.807) is 19.2 Å². The maximum atomic E-state index is 12.2. The van der Waals surface area contributed by atoms with E-state index in [-0.39, 0.29) is 37.3 Å². The molecule has 0 aliphatic rings. The molecule has 0 saturated heterocycles. The van der Waals surface area contributed by atoms with Gasteiger partial charge in [0.2, 0.25) is 11.8 Å². The first-order chi connectivity index (χ1) is 11.8. The fourth-order valence-corrected chi connectivity index (χ4v) is 1.99. The second-order valence-corrected chi connectivity index (χ2v) is 5.90. The van der Waals surface area contributed by atoms with E-state index >= 15 is 0 Å². The fraction of sp³-hybridized carbons (Fsp3) is 0.529. The molecule has 0 aromatic carbocycles. The Bertz CT molecular complexity index is 587. The molecule has 138 valence electrons. The number of hydrogen-bond acceptors (Lipinski definition) is 5. The minimum Gasteiger partial charge on any atom is -0.450 e. The van der Waals surface area contributed by atoms with Crippen LogP contribution in [-0.2, 0) is 14.3 Å². The van der Waals surface area contributed by atoms with Crippen molar-refractivity contribution in [1.29, 1.82) is 0 Å². The summed E-state index contributed by atoms with van der Waals surface area (Å²) in [5.74, 6) is -0.263. The smallest absolute Gasteiger partial charge is 0.407 e. The molecule has 1 rings (SSSR count). The molecule has 1 heterocycles. The van der Waals surface area contributed by atoms with E-state index in [2.05, 4.69) is 20.9 Å². The number of aromatic nitrogens is 1. The Morgan fingerprint density at radius 1 is 1.24 bits per heavy atom. The van der Waals surface area contributed by atoms with Gasteiger partial charge in [0.05, 0.1) is 6.61 Å². The summed E-state index contributed by atoms with van der Waals surface area (Å²) < 4.78 is 4.79. The minimum absolute atomic E-state index is 0.103. The standard InChI is InChI=1S/C17H26N4O4/c1-5-25-17(24)21-15(11(2)3)16(23)18-9-8-14(22)20-13-7-6-12(4)10-19-13/h6-7,10-11,15H,5,8-9H2,1-4H3,(H,18,23)(H,21,24)(H,19,20,22)/t15-/m0/s1. The first-order valence-corrected chi connectivity index (χ1v) is 8.27. The number of ether oxygens (including phenoxy) is 1. The molecule has 3 N–H and O–H groups in total. The topological polar surface area (TPSA) is 109 Å². The number of carbonyl (C=O) groups excluding carboxylic acids is 3. The van der Waals surface area contributed by atoms with Crippen molar-refractivity contribution in [3.63, 3.8) is 0 Å². The Kier molecular flexibility index (Phi) is 8.38. The molecule has 0 bridgehead atoms. The van der Waals surface area contributed by atoms with Gasteiger partial charge in [-0.15, -0.1) is 0 Å². The third-order valence-corrected chi connectivity index (χ3v) is 3.33. The highest BCUT2D eigenvalue weighted by Crippen LogP contribution is 2.05. The zero-order chi connectivity index (χ0) is 18.8. The van der Waals surface area contributed by atoms with E-state index in [9.17, 15) is 14.4 Å². The van der Waals surface area contributed by atoms with E-state index in [1.165, 1.54) is 0 Å². The number of rotatable bonds is 8. The maximum Gasteiger partial charge on any atom is 0.407 e. The number of amides is 3. The summed E-state index contributed by atoms with van der Waals surface area (Å²) in [5, 5.41) is 7.82. The van der Waals surface area contributed by atoms with E-state index in [4.69, 9.17) is 4.74 Å². The number of alkyl carbamates (subject to hydrolysis) is 1. The van der Waals surface area contributed by atoms with Gasteiger partial charge in [-0.3, -0.25) is 9.59 Å². The molecule has 0 aliphatic carbocycles. The Morgan fingerprint density at radius 3 is 2.52 bits per heavy atom. The van der Waals surface area contributed by atoms with Crippen molar-refractivity contribution in [3.05, 3.63) is 23.9 Å². The quantitative estimate of drug-likeness (QED) is 0.660. The highest BCUT2D eigenvalue weighted by molar-refractivity contribution is 5.90. The molecule has 0 fully saturated rings. The molecule has 0 unspecified atom stereocenters. The monoisotopic (exact) mass is 350 g/mol. The molecular weight excluding hydrogens is 324 g/mol. The highest BCUT2D eigenvalue weighted by atomic mass is 16.5. The van der Waals surface area contributed by atoms with Gasteiger partial charge < -0.3 is 20.7 Å². The fourth-order valence-electron chi connectivity index (χ4n) is 1.99. The summed E-state index contributed by atoms with van der Waals surface area (Å²) in [6, 6.07) is 2.84. The molecule has 1 atom stereocenters. The van der Waals surface area contributed by atoms with Crippen molar-refractivity contribution in [2.45, 2.75) is 40.2 Å². The summed E-state index contributed by atoms with van der Waals surface area (Å²) >= 11 is 0. The van der Waals surface area contributed by atoms with Crippen molar-refractivity contribution in [2.24, 2.45) is 5.92 Å². The predicted octanol–water partition coefficient (Wildman–Crippen LogP) is 1.61. The van der Waals surface area contributed by atoms with Gasteiger partial charge in [-0.2, -0.15) is 0 Å². The lowest BCUT2D eigenvalue weighted by atomic mass is 10.0. The molecule has 25 heavy (non-hydrogen) atoms. The molecular formula is C17H26N4O4. The number of nitrogens with zero attached hydrogens (tertiary/aromatic N) is 1. The molecule has 8 nitrogen and oxygen atoms in total. The summed E-state index contributed by atoms with van der Waals surface area (Å²) in [7, 11) is 0. The molecule has 8 heteroatoms. The normalized spacial score (nSPS) is 11.6. The lowest BCUT2D eigenvalue weighted by Crippen LogP contribution is -2.50. The summed E-state index contributed by atoms with van der Waals surface area (Å²) in [6.45, 7) is 7.60. The Hall–Kier alpha value is -2.64. The number of aryl methyl sites for hydroxylation is 1. The van der Waals surface area contributed by atoms with Crippen LogP contribution in [0.4, 0.5) is 10.6 Å². The second-order valence-electron chi connectivity index (χ2n) is 5.90. The third kappa shape index (κ3) is 7.65. The number of carbonyl (C=O) groups is 3. The summed E-state index contributed by atoms with van der Waals surface area (Å²) in [5.41, 5.74) is 0.999. The van der Waals surface area contributed by atoms with E-state index in [1.807, 2.05) is 26.8 Å². The van der Waals surface area contributed by atoms with Crippen molar-refractivity contribution in [3.8, 4) is 0 Å². The summed E-state index contributed by atoms with van der Waals surface area (Å²) in [6.07, 6.45) is 1.12. The van der Waals surface area contributed by atoms with Gasteiger partial charge in [-0.1, -0.05) is 19.9 Å². The van der Waals surface area contributed by atoms with Gasteiger partial charge >= 0.3 is 6.09 Å². The van der Waals surface area contributed by atoms with Crippen LogP contribution in [0, 0.1) is 12.8 Å². The van der Waals surface area contributed by atoms with Gasteiger partial charge in [0, 0.05) is 19.2 Å². The Labute approximate surface area is 147 Å². The second kappa shape index (κ2) is 10.3. The van der Waals surface area contributed by atoms with Crippen molar-refractivity contribution < 1.29 is 19.1 Å². The largest absolute Gasteiger partial charge is 0.450 e. The average molecular weight is 350 g/mol. The first kappa shape index (κ1) is 20.4. The lowest BCUT2D eigenvalue weighted by Gasteiger charge is -2.21. The summed E-state index contributed by atoms with van der Waals surface area (Å²) in [4.78, 5) is 39.6. The van der Waals surface area contributed by atoms with Crippen LogP contribution < -0.4 is 16.0 Å². The van der Waals surface area contributed by atoms with Gasteiger partial charge in [-0.25, -0.2) is 9.78 Å². The number of nitrogens with one attached hydrogen (secondary N) is 3. The van der Waals surface area contributed by atoms with Crippen LogP contribution in [0.1, 0.15) is 32.8 Å². The van der Waals surface area contributed by atoms with Crippen LogP contribution in [0.15, 0.2) is 18.3 Å². The number of anilines is 1. The average Bonchev–Trinajstić information content (AvgIpc) is 2.54. The van der Waals surface area contributed by atoms with E-state index < -0.39 is 12.1 Å². The van der Waals surface area contributed by atoms with Gasteiger partial charge in [-0.05, 0) is 31.4 Å². The predicted molar refractivity (Wildman–Crippen MR) is 94.0 cm³/mol. The van der Waals surface area contributed by atoms with Crippen LogP contribution in [0.2, 0.25) is 0 Å². The SMILES string of the molecule is CCOC(=O)N[C@H](C(=O)NCCC(=O)Nc1ccc(C)cn1)C(C)C. The molecule has 0 spiro atoms. The van der Waals surface area contributed by atoms with Gasteiger partial charge in [0.25, 0.3) is 0 Å². The molecule has 1 aromatic heterocycles. The highest BCUT2D eigenvalue weighted by Gasteiger charge is 2.24.